The number of carbonyl (C=O) groups is 1. The Bertz CT molecular complexity index is 771. The van der Waals surface area contributed by atoms with Crippen molar-refractivity contribution in [3.8, 4) is 5.75 Å². The number of aromatic nitrogens is 1. The van der Waals surface area contributed by atoms with Crippen molar-refractivity contribution in [2.24, 2.45) is 0 Å². The van der Waals surface area contributed by atoms with E-state index in [1.165, 1.54) is 29.6 Å². The number of nitrogens with one attached hydrogen (secondary N) is 1. The number of ether oxygens (including phenoxy) is 1. The zero-order chi connectivity index (χ0) is 16.9. The Morgan fingerprint density at radius 2 is 2.29 bits per heavy atom. The van der Waals surface area contributed by atoms with E-state index in [1.807, 2.05) is 12.3 Å². The number of methoxy groups -OCH3 is 1. The fourth-order valence-electron chi connectivity index (χ4n) is 3.11. The summed E-state index contributed by atoms with van der Waals surface area (Å²) >= 11 is 0. The highest BCUT2D eigenvalue weighted by Crippen LogP contribution is 2.34. The maximum atomic E-state index is 11.2. The summed E-state index contributed by atoms with van der Waals surface area (Å²) in [5.74, 6) is 0.235. The Morgan fingerprint density at radius 1 is 1.42 bits per heavy atom. The topological polar surface area (TPSA) is 71.5 Å². The van der Waals surface area contributed by atoms with E-state index in [1.54, 1.807) is 7.11 Å². The lowest BCUT2D eigenvalue weighted by molar-refractivity contribution is 0.0698. The third kappa shape index (κ3) is 3.40. The van der Waals surface area contributed by atoms with Crippen LogP contribution in [0.1, 0.15) is 40.2 Å². The van der Waals surface area contributed by atoms with Crippen LogP contribution in [0.5, 0.6) is 5.75 Å². The Hall–Kier alpha value is -2.82. The van der Waals surface area contributed by atoms with Crippen LogP contribution in [0, 0.1) is 0 Å². The lowest BCUT2D eigenvalue weighted by atomic mass is 9.83. The van der Waals surface area contributed by atoms with Crippen LogP contribution in [-0.2, 0) is 6.42 Å². The van der Waals surface area contributed by atoms with Crippen LogP contribution >= 0.6 is 0 Å². The molecule has 1 atom stereocenters. The molecule has 5 heteroatoms. The molecule has 0 radical (unpaired) electrons. The van der Waals surface area contributed by atoms with Gasteiger partial charge in [0.2, 0.25) is 0 Å². The molecule has 1 aromatic carbocycles. The van der Waals surface area contributed by atoms with Gasteiger partial charge in [0.15, 0.2) is 0 Å². The number of rotatable bonds is 5. The molecule has 0 fully saturated rings. The average Bonchev–Trinajstić information content (AvgIpc) is 2.61. The summed E-state index contributed by atoms with van der Waals surface area (Å²) in [5.41, 5.74) is 3.34. The summed E-state index contributed by atoms with van der Waals surface area (Å²) < 4.78 is 5.30. The third-order valence-corrected chi connectivity index (χ3v) is 4.33. The van der Waals surface area contributed by atoms with Crippen LogP contribution in [0.3, 0.4) is 0 Å². The van der Waals surface area contributed by atoms with Crippen LogP contribution in [0.15, 0.2) is 48.9 Å². The molecule has 0 amide bonds. The molecule has 1 aliphatic carbocycles. The van der Waals surface area contributed by atoms with Crippen LogP contribution in [0.2, 0.25) is 0 Å². The van der Waals surface area contributed by atoms with Gasteiger partial charge in [0, 0.05) is 12.1 Å². The number of hydrogen-bond acceptors (Lipinski definition) is 4. The standard InChI is InChI=1S/C19H20N2O3/c1-24-15-5-6-16-13(3-2-4-14(16)11-15)7-10-21-18-12-20-9-8-17(18)19(22)23/h5-13,21H,2-4H2,1H3,(H,22,23)/b10-7+. The van der Waals surface area contributed by atoms with Gasteiger partial charge in [-0.25, -0.2) is 4.79 Å². The number of anilines is 1. The van der Waals surface area contributed by atoms with Gasteiger partial charge in [-0.15, -0.1) is 0 Å². The Balaban J connectivity index is 1.76. The fourth-order valence-corrected chi connectivity index (χ4v) is 3.11. The molecule has 1 unspecified atom stereocenters. The highest BCUT2D eigenvalue weighted by Gasteiger charge is 2.18. The van der Waals surface area contributed by atoms with Gasteiger partial charge in [-0.05, 0) is 54.8 Å². The van der Waals surface area contributed by atoms with Gasteiger partial charge in [-0.1, -0.05) is 12.1 Å². The van der Waals surface area contributed by atoms with Gasteiger partial charge in [-0.3, -0.25) is 4.98 Å². The summed E-state index contributed by atoms with van der Waals surface area (Å²) in [5, 5.41) is 12.2. The van der Waals surface area contributed by atoms with E-state index >= 15 is 0 Å². The van der Waals surface area contributed by atoms with Gasteiger partial charge in [0.25, 0.3) is 0 Å². The minimum Gasteiger partial charge on any atom is -0.497 e. The second-order valence-electron chi connectivity index (χ2n) is 5.79. The third-order valence-electron chi connectivity index (χ3n) is 4.33. The van der Waals surface area contributed by atoms with Crippen molar-refractivity contribution in [1.29, 1.82) is 0 Å². The fraction of sp³-hybridized carbons (Fsp3) is 0.263. The highest BCUT2D eigenvalue weighted by molar-refractivity contribution is 5.94. The van der Waals surface area contributed by atoms with Crippen LogP contribution in [0.4, 0.5) is 5.69 Å². The Morgan fingerprint density at radius 3 is 3.08 bits per heavy atom. The lowest BCUT2D eigenvalue weighted by Gasteiger charge is -2.23. The van der Waals surface area contributed by atoms with E-state index in [4.69, 9.17) is 4.74 Å². The van der Waals surface area contributed by atoms with E-state index in [0.717, 1.165) is 25.0 Å². The predicted octanol–water partition coefficient (Wildman–Crippen LogP) is 3.83. The summed E-state index contributed by atoms with van der Waals surface area (Å²) in [7, 11) is 1.68. The van der Waals surface area contributed by atoms with Crippen LogP contribution in [-0.4, -0.2) is 23.2 Å². The number of hydrogen-bond donors (Lipinski definition) is 2. The zero-order valence-corrected chi connectivity index (χ0v) is 13.5. The molecule has 1 heterocycles. The molecule has 124 valence electrons. The molecule has 2 N–H and O–H groups in total. The zero-order valence-electron chi connectivity index (χ0n) is 13.5. The number of benzene rings is 1. The maximum Gasteiger partial charge on any atom is 0.337 e. The molecule has 0 spiro atoms. The Kier molecular flexibility index (Phi) is 4.79. The molecular weight excluding hydrogens is 304 g/mol. The monoisotopic (exact) mass is 324 g/mol. The first-order valence-electron chi connectivity index (χ1n) is 7.96. The number of fused-ring (bicyclic) bond motifs is 1. The van der Waals surface area contributed by atoms with Crippen molar-refractivity contribution >= 4 is 11.7 Å². The average molecular weight is 324 g/mol. The second kappa shape index (κ2) is 7.17. The molecule has 0 aliphatic heterocycles. The van der Waals surface area contributed by atoms with E-state index in [2.05, 4.69) is 28.5 Å². The molecule has 1 aliphatic rings. The first-order chi connectivity index (χ1) is 11.7. The van der Waals surface area contributed by atoms with Crippen molar-refractivity contribution in [3.05, 3.63) is 65.6 Å². The first-order valence-corrected chi connectivity index (χ1v) is 7.96. The highest BCUT2D eigenvalue weighted by atomic mass is 16.5. The van der Waals surface area contributed by atoms with Crippen molar-refractivity contribution < 1.29 is 14.6 Å². The Labute approximate surface area is 141 Å². The SMILES string of the molecule is COc1ccc2c(c1)CCCC2/C=C/Nc1cnccc1C(=O)O. The minimum absolute atomic E-state index is 0.212. The molecule has 24 heavy (non-hydrogen) atoms. The largest absolute Gasteiger partial charge is 0.497 e. The number of aromatic carboxylic acids is 1. The van der Waals surface area contributed by atoms with E-state index < -0.39 is 5.97 Å². The van der Waals surface area contributed by atoms with Crippen molar-refractivity contribution in [3.63, 3.8) is 0 Å². The molecule has 1 aromatic heterocycles. The van der Waals surface area contributed by atoms with Gasteiger partial charge < -0.3 is 15.2 Å². The van der Waals surface area contributed by atoms with Gasteiger partial charge in [0.1, 0.15) is 5.75 Å². The number of carboxylic acids is 1. The van der Waals surface area contributed by atoms with E-state index in [-0.39, 0.29) is 5.56 Å². The van der Waals surface area contributed by atoms with Gasteiger partial charge >= 0.3 is 5.97 Å². The summed E-state index contributed by atoms with van der Waals surface area (Å²) in [6.07, 6.45) is 10.2. The lowest BCUT2D eigenvalue weighted by Crippen LogP contribution is -2.09. The van der Waals surface area contributed by atoms with Crippen molar-refractivity contribution in [2.75, 3.05) is 12.4 Å². The quantitative estimate of drug-likeness (QED) is 0.874. The summed E-state index contributed by atoms with van der Waals surface area (Å²) in [6, 6.07) is 7.70. The van der Waals surface area contributed by atoms with Crippen LogP contribution in [0.25, 0.3) is 0 Å². The van der Waals surface area contributed by atoms with Crippen molar-refractivity contribution in [1.82, 2.24) is 4.98 Å². The predicted molar refractivity (Wildman–Crippen MR) is 92.6 cm³/mol. The molecule has 5 nitrogen and oxygen atoms in total. The van der Waals surface area contributed by atoms with E-state index in [9.17, 15) is 9.90 Å². The van der Waals surface area contributed by atoms with Crippen LogP contribution < -0.4 is 10.1 Å². The molecule has 0 bridgehead atoms. The second-order valence-corrected chi connectivity index (χ2v) is 5.79. The molecule has 2 aromatic rings. The van der Waals surface area contributed by atoms with E-state index in [0.29, 0.717) is 11.6 Å². The molecule has 3 rings (SSSR count). The molecular formula is C19H20N2O3. The van der Waals surface area contributed by atoms with Crippen molar-refractivity contribution in [2.45, 2.75) is 25.2 Å². The smallest absolute Gasteiger partial charge is 0.337 e. The number of aryl methyl sites for hydroxylation is 1. The summed E-state index contributed by atoms with van der Waals surface area (Å²) in [6.45, 7) is 0. The first kappa shape index (κ1) is 16.1. The summed E-state index contributed by atoms with van der Waals surface area (Å²) in [4.78, 5) is 15.2. The number of pyridine rings is 1. The number of allylic oxidation sites excluding steroid dienone is 1. The number of nitrogens with zero attached hydrogens (tertiary/aromatic N) is 1. The number of carboxylic acid groups (broad SMARTS) is 1. The van der Waals surface area contributed by atoms with Gasteiger partial charge in [0.05, 0.1) is 24.6 Å². The normalized spacial score (nSPS) is 16.6. The molecule has 0 saturated heterocycles. The maximum absolute atomic E-state index is 11.2. The minimum atomic E-state index is -0.969. The molecule has 0 saturated carbocycles. The van der Waals surface area contributed by atoms with Gasteiger partial charge in [-0.2, -0.15) is 0 Å².